The summed E-state index contributed by atoms with van der Waals surface area (Å²) in [6.45, 7) is 1.93. The van der Waals surface area contributed by atoms with Gasteiger partial charge in [0.05, 0.1) is 0 Å². The molecule has 0 radical (unpaired) electrons. The predicted molar refractivity (Wildman–Crippen MR) is 69.2 cm³/mol. The third kappa shape index (κ3) is 2.12. The van der Waals surface area contributed by atoms with Crippen LogP contribution in [-0.2, 0) is 0 Å². The number of aromatic nitrogens is 2. The van der Waals surface area contributed by atoms with Crippen molar-refractivity contribution in [1.82, 2.24) is 14.5 Å². The van der Waals surface area contributed by atoms with Gasteiger partial charge in [0.1, 0.15) is 0 Å². The molecule has 7 heteroatoms. The van der Waals surface area contributed by atoms with E-state index in [1.54, 1.807) is 0 Å². The molecule has 2 aliphatic rings. The van der Waals surface area contributed by atoms with Crippen LogP contribution in [0, 0.1) is 5.82 Å². The van der Waals surface area contributed by atoms with Crippen molar-refractivity contribution in [3.63, 3.8) is 0 Å². The van der Waals surface area contributed by atoms with Crippen LogP contribution < -0.4 is 11.2 Å². The van der Waals surface area contributed by atoms with Crippen molar-refractivity contribution in [3.8, 4) is 0 Å². The van der Waals surface area contributed by atoms with E-state index in [1.165, 1.54) is 0 Å². The summed E-state index contributed by atoms with van der Waals surface area (Å²) in [5.41, 5.74) is -1.53. The molecule has 0 aliphatic carbocycles. The zero-order valence-corrected chi connectivity index (χ0v) is 11.1. The summed E-state index contributed by atoms with van der Waals surface area (Å²) in [5, 5.41) is -0.510. The second kappa shape index (κ2) is 4.76. The Balaban J connectivity index is 1.97. The number of fused-ring (bicyclic) bond motifs is 1. The van der Waals surface area contributed by atoms with Crippen molar-refractivity contribution >= 4 is 11.6 Å². The molecule has 2 fully saturated rings. The maximum Gasteiger partial charge on any atom is 0.329 e. The van der Waals surface area contributed by atoms with Gasteiger partial charge < -0.3 is 4.90 Å². The van der Waals surface area contributed by atoms with E-state index in [9.17, 15) is 14.0 Å². The van der Waals surface area contributed by atoms with Gasteiger partial charge in [0, 0.05) is 18.6 Å². The van der Waals surface area contributed by atoms with Crippen molar-refractivity contribution in [3.05, 3.63) is 31.8 Å². The fourth-order valence-electron chi connectivity index (χ4n) is 3.27. The van der Waals surface area contributed by atoms with Crippen molar-refractivity contribution in [1.29, 1.82) is 0 Å². The molecule has 3 heterocycles. The monoisotopic (exact) mass is 287 g/mol. The minimum absolute atomic E-state index is 0.234. The highest BCUT2D eigenvalue weighted by Crippen LogP contribution is 2.31. The second-order valence-corrected chi connectivity index (χ2v) is 5.62. The van der Waals surface area contributed by atoms with Crippen LogP contribution in [0.3, 0.4) is 0 Å². The fourth-order valence-corrected chi connectivity index (χ4v) is 3.43. The van der Waals surface area contributed by atoms with Crippen LogP contribution in [0.5, 0.6) is 0 Å². The number of hydrogen-bond acceptors (Lipinski definition) is 3. The summed E-state index contributed by atoms with van der Waals surface area (Å²) in [6, 6.07) is 0.172. The number of aromatic amines is 1. The van der Waals surface area contributed by atoms with Gasteiger partial charge in [-0.15, -0.1) is 0 Å². The number of nitrogens with one attached hydrogen (secondary N) is 1. The second-order valence-electron chi connectivity index (χ2n) is 5.24. The molecule has 19 heavy (non-hydrogen) atoms. The number of halogens is 2. The minimum Gasteiger partial charge on any atom is -0.300 e. The molecule has 0 aromatic carbocycles. The molecule has 1 N–H and O–H groups in total. The third-order valence-electron chi connectivity index (χ3n) is 4.19. The Labute approximate surface area is 114 Å². The number of nitrogens with zero attached hydrogens (tertiary/aromatic N) is 2. The SMILES string of the molecule is O=c1[nH]c(Cl)c(F)c(=O)n1C1CCN2CCCC2C1. The summed E-state index contributed by atoms with van der Waals surface area (Å²) >= 11 is 5.47. The highest BCUT2D eigenvalue weighted by Gasteiger charge is 2.34. The first-order valence-corrected chi connectivity index (χ1v) is 6.89. The third-order valence-corrected chi connectivity index (χ3v) is 4.45. The van der Waals surface area contributed by atoms with Crippen LogP contribution in [0.1, 0.15) is 31.7 Å². The molecule has 1 aromatic heterocycles. The standard InChI is InChI=1S/C12H15ClFN3O2/c13-10-9(14)11(18)17(12(19)15-10)8-3-5-16-4-1-2-7(16)6-8/h7-8H,1-6H2,(H,15,19). The molecule has 104 valence electrons. The lowest BCUT2D eigenvalue weighted by Gasteiger charge is -2.35. The van der Waals surface area contributed by atoms with Crippen LogP contribution in [-0.4, -0.2) is 33.6 Å². The number of hydrogen-bond donors (Lipinski definition) is 1. The van der Waals surface area contributed by atoms with Crippen LogP contribution in [0.2, 0.25) is 5.15 Å². The van der Waals surface area contributed by atoms with E-state index in [4.69, 9.17) is 11.6 Å². The normalized spacial score (nSPS) is 27.5. The molecule has 2 saturated heterocycles. The Hall–Kier alpha value is -1.14. The van der Waals surface area contributed by atoms with Gasteiger partial charge in [-0.3, -0.25) is 14.3 Å². The van der Waals surface area contributed by atoms with Crippen molar-refractivity contribution < 1.29 is 4.39 Å². The van der Waals surface area contributed by atoms with Gasteiger partial charge in [-0.05, 0) is 32.2 Å². The number of H-pyrrole nitrogens is 1. The topological polar surface area (TPSA) is 58.1 Å². The molecule has 2 unspecified atom stereocenters. The van der Waals surface area contributed by atoms with E-state index in [0.717, 1.165) is 36.9 Å². The van der Waals surface area contributed by atoms with Gasteiger partial charge in [-0.1, -0.05) is 11.6 Å². The maximum absolute atomic E-state index is 13.5. The lowest BCUT2D eigenvalue weighted by Crippen LogP contribution is -2.46. The molecule has 5 nitrogen and oxygen atoms in total. The predicted octanol–water partition coefficient (Wildman–Crippen LogP) is 1.13. The molecule has 2 atom stereocenters. The van der Waals surface area contributed by atoms with Crippen molar-refractivity contribution in [2.75, 3.05) is 13.1 Å². The average Bonchev–Trinajstić information content (AvgIpc) is 2.83. The van der Waals surface area contributed by atoms with Crippen molar-refractivity contribution in [2.45, 2.75) is 37.8 Å². The molecule has 0 spiro atoms. The van der Waals surface area contributed by atoms with Gasteiger partial charge in [0.25, 0.3) is 5.56 Å². The summed E-state index contributed by atoms with van der Waals surface area (Å²) in [4.78, 5) is 28.3. The minimum atomic E-state index is -1.07. The molecule has 0 bridgehead atoms. The van der Waals surface area contributed by atoms with Crippen molar-refractivity contribution in [2.24, 2.45) is 0 Å². The van der Waals surface area contributed by atoms with Gasteiger partial charge in [-0.25, -0.2) is 4.79 Å². The molecule has 0 saturated carbocycles. The first-order valence-electron chi connectivity index (χ1n) is 6.52. The fraction of sp³-hybridized carbons (Fsp3) is 0.667. The van der Waals surface area contributed by atoms with Crippen LogP contribution in [0.4, 0.5) is 4.39 Å². The highest BCUT2D eigenvalue weighted by atomic mass is 35.5. The molecule has 0 amide bonds. The molecule has 2 aliphatic heterocycles. The molecular formula is C12H15ClFN3O2. The molecule has 3 rings (SSSR count). The van der Waals surface area contributed by atoms with Crippen LogP contribution >= 0.6 is 11.6 Å². The Morgan fingerprint density at radius 3 is 2.79 bits per heavy atom. The first-order chi connectivity index (χ1) is 9.08. The molecular weight excluding hydrogens is 273 g/mol. The quantitative estimate of drug-likeness (QED) is 0.788. The number of rotatable bonds is 1. The van der Waals surface area contributed by atoms with E-state index in [0.29, 0.717) is 12.5 Å². The van der Waals surface area contributed by atoms with Gasteiger partial charge >= 0.3 is 5.69 Å². The molecule has 1 aromatic rings. The van der Waals surface area contributed by atoms with Gasteiger partial charge in [0.15, 0.2) is 5.15 Å². The Morgan fingerprint density at radius 2 is 2.00 bits per heavy atom. The lowest BCUT2D eigenvalue weighted by atomic mass is 9.97. The number of piperidine rings is 1. The van der Waals surface area contributed by atoms with E-state index >= 15 is 0 Å². The zero-order valence-electron chi connectivity index (χ0n) is 10.4. The van der Waals surface area contributed by atoms with Gasteiger partial charge in [0.2, 0.25) is 5.82 Å². The largest absolute Gasteiger partial charge is 0.329 e. The van der Waals surface area contributed by atoms with E-state index in [2.05, 4.69) is 9.88 Å². The first kappa shape index (κ1) is 12.9. The van der Waals surface area contributed by atoms with Crippen LogP contribution in [0.15, 0.2) is 9.59 Å². The Bertz CT molecular complexity index is 612. The lowest BCUT2D eigenvalue weighted by molar-refractivity contribution is 0.150. The smallest absolute Gasteiger partial charge is 0.300 e. The zero-order chi connectivity index (χ0) is 13.6. The van der Waals surface area contributed by atoms with Gasteiger partial charge in [-0.2, -0.15) is 4.39 Å². The summed E-state index contributed by atoms with van der Waals surface area (Å²) in [7, 11) is 0. The van der Waals surface area contributed by atoms with Crippen LogP contribution in [0.25, 0.3) is 0 Å². The summed E-state index contributed by atoms with van der Waals surface area (Å²) < 4.78 is 14.5. The Kier molecular flexibility index (Phi) is 3.22. The van der Waals surface area contributed by atoms with E-state index in [-0.39, 0.29) is 6.04 Å². The summed E-state index contributed by atoms with van der Waals surface area (Å²) in [6.07, 6.45) is 3.65. The average molecular weight is 288 g/mol. The summed E-state index contributed by atoms with van der Waals surface area (Å²) in [5.74, 6) is -1.07. The maximum atomic E-state index is 13.5. The van der Waals surface area contributed by atoms with E-state index < -0.39 is 22.2 Å². The Morgan fingerprint density at radius 1 is 1.21 bits per heavy atom. The van der Waals surface area contributed by atoms with E-state index in [1.807, 2.05) is 0 Å². The highest BCUT2D eigenvalue weighted by molar-refractivity contribution is 6.29.